The van der Waals surface area contributed by atoms with Gasteiger partial charge in [-0.3, -0.25) is 4.79 Å². The fourth-order valence-electron chi connectivity index (χ4n) is 3.22. The molecule has 1 atom stereocenters. The summed E-state index contributed by atoms with van der Waals surface area (Å²) >= 11 is 0. The van der Waals surface area contributed by atoms with Crippen molar-refractivity contribution >= 4 is 16.9 Å². The highest BCUT2D eigenvalue weighted by Crippen LogP contribution is 2.25. The van der Waals surface area contributed by atoms with Gasteiger partial charge in [-0.2, -0.15) is 0 Å². The number of nitrogens with one attached hydrogen (secondary N) is 1. The normalized spacial score (nSPS) is 17.0. The third kappa shape index (κ3) is 3.88. The van der Waals surface area contributed by atoms with Gasteiger partial charge in [0.2, 0.25) is 0 Å². The molecule has 2 N–H and O–H groups in total. The van der Waals surface area contributed by atoms with Crippen LogP contribution in [0.1, 0.15) is 18.6 Å². The summed E-state index contributed by atoms with van der Waals surface area (Å²) in [5, 5.41) is 13.7. The number of furan rings is 1. The van der Waals surface area contributed by atoms with E-state index in [0.29, 0.717) is 26.3 Å². The van der Waals surface area contributed by atoms with Gasteiger partial charge in [-0.1, -0.05) is 0 Å². The Balaban J connectivity index is 1.59. The molecule has 1 aromatic heterocycles. The lowest BCUT2D eigenvalue weighted by atomic mass is 9.86. The van der Waals surface area contributed by atoms with Crippen LogP contribution in [0.3, 0.4) is 0 Å². The van der Waals surface area contributed by atoms with Gasteiger partial charge in [0.1, 0.15) is 17.1 Å². The molecule has 0 bridgehead atoms. The summed E-state index contributed by atoms with van der Waals surface area (Å²) in [7, 11) is 1.63. The maximum atomic E-state index is 11.5. The Morgan fingerprint density at radius 1 is 1.38 bits per heavy atom. The van der Waals surface area contributed by atoms with E-state index in [0.717, 1.165) is 35.3 Å². The molecule has 130 valence electrons. The predicted molar refractivity (Wildman–Crippen MR) is 89.1 cm³/mol. The van der Waals surface area contributed by atoms with Crippen LogP contribution in [0, 0.1) is 11.8 Å². The minimum absolute atomic E-state index is 0.170. The van der Waals surface area contributed by atoms with Crippen molar-refractivity contribution in [2.45, 2.75) is 19.4 Å². The Bertz CT molecular complexity index is 690. The van der Waals surface area contributed by atoms with Crippen LogP contribution in [-0.4, -0.2) is 37.9 Å². The zero-order valence-corrected chi connectivity index (χ0v) is 13.8. The molecular weight excluding hydrogens is 310 g/mol. The van der Waals surface area contributed by atoms with E-state index in [9.17, 15) is 9.90 Å². The highest BCUT2D eigenvalue weighted by Gasteiger charge is 2.29. The average Bonchev–Trinajstić information content (AvgIpc) is 3.00. The molecule has 1 aromatic carbocycles. The summed E-state index contributed by atoms with van der Waals surface area (Å²) in [6.45, 7) is 2.24. The number of ether oxygens (including phenoxy) is 2. The Labute approximate surface area is 140 Å². The van der Waals surface area contributed by atoms with Crippen molar-refractivity contribution in [3.05, 3.63) is 30.0 Å². The zero-order chi connectivity index (χ0) is 16.9. The second-order valence-corrected chi connectivity index (χ2v) is 6.14. The van der Waals surface area contributed by atoms with Gasteiger partial charge in [0.15, 0.2) is 0 Å². The van der Waals surface area contributed by atoms with Crippen LogP contribution in [0.15, 0.2) is 28.7 Å². The van der Waals surface area contributed by atoms with Gasteiger partial charge in [0.05, 0.1) is 19.6 Å². The molecule has 1 fully saturated rings. The smallest absolute Gasteiger partial charge is 0.308 e. The second-order valence-electron chi connectivity index (χ2n) is 6.14. The first kappa shape index (κ1) is 16.8. The van der Waals surface area contributed by atoms with E-state index in [1.165, 1.54) is 0 Å². The van der Waals surface area contributed by atoms with Gasteiger partial charge in [0.25, 0.3) is 0 Å². The van der Waals surface area contributed by atoms with E-state index >= 15 is 0 Å². The minimum atomic E-state index is -0.747. The summed E-state index contributed by atoms with van der Waals surface area (Å²) in [6.07, 6.45) is 1.62. The number of carboxylic acid groups (broad SMARTS) is 1. The number of carbonyl (C=O) groups is 1. The van der Waals surface area contributed by atoms with E-state index in [1.54, 1.807) is 7.11 Å². The molecule has 3 rings (SSSR count). The van der Waals surface area contributed by atoms with Gasteiger partial charge < -0.3 is 24.3 Å². The Kier molecular flexibility index (Phi) is 5.37. The SMILES string of the molecule is COc1ccc2oc(CNCC(C(=O)O)C3CCOCC3)cc2c1. The molecule has 1 aliphatic rings. The van der Waals surface area contributed by atoms with Crippen LogP contribution in [0.25, 0.3) is 11.0 Å². The first-order chi connectivity index (χ1) is 11.7. The number of hydrogen-bond acceptors (Lipinski definition) is 5. The monoisotopic (exact) mass is 333 g/mol. The quantitative estimate of drug-likeness (QED) is 0.811. The molecule has 6 nitrogen and oxygen atoms in total. The lowest BCUT2D eigenvalue weighted by molar-refractivity contribution is -0.144. The molecule has 0 spiro atoms. The van der Waals surface area contributed by atoms with Gasteiger partial charge in [-0.05, 0) is 43.0 Å². The molecule has 0 radical (unpaired) electrons. The molecule has 0 amide bonds. The molecule has 0 aliphatic carbocycles. The predicted octanol–water partition coefficient (Wildman–Crippen LogP) is 2.66. The summed E-state index contributed by atoms with van der Waals surface area (Å²) in [6, 6.07) is 7.61. The molecule has 1 aliphatic heterocycles. The highest BCUT2D eigenvalue weighted by atomic mass is 16.5. The Morgan fingerprint density at radius 2 is 2.17 bits per heavy atom. The first-order valence-electron chi connectivity index (χ1n) is 8.25. The number of benzene rings is 1. The van der Waals surface area contributed by atoms with Crippen LogP contribution < -0.4 is 10.1 Å². The number of carboxylic acids is 1. The van der Waals surface area contributed by atoms with Crippen molar-refractivity contribution in [2.75, 3.05) is 26.9 Å². The fraction of sp³-hybridized carbons (Fsp3) is 0.500. The number of rotatable bonds is 7. The summed E-state index contributed by atoms with van der Waals surface area (Å²) in [5.41, 5.74) is 0.798. The molecule has 2 heterocycles. The van der Waals surface area contributed by atoms with Crippen LogP contribution >= 0.6 is 0 Å². The van der Waals surface area contributed by atoms with Crippen LogP contribution in [0.4, 0.5) is 0 Å². The molecule has 1 unspecified atom stereocenters. The van der Waals surface area contributed by atoms with Gasteiger partial charge in [-0.25, -0.2) is 0 Å². The van der Waals surface area contributed by atoms with E-state index in [1.807, 2.05) is 24.3 Å². The lowest BCUT2D eigenvalue weighted by Gasteiger charge is -2.27. The largest absolute Gasteiger partial charge is 0.497 e. The van der Waals surface area contributed by atoms with Crippen molar-refractivity contribution in [1.82, 2.24) is 5.32 Å². The van der Waals surface area contributed by atoms with E-state index in [-0.39, 0.29) is 5.92 Å². The van der Waals surface area contributed by atoms with Crippen LogP contribution in [-0.2, 0) is 16.1 Å². The van der Waals surface area contributed by atoms with Crippen LogP contribution in [0.2, 0.25) is 0 Å². The fourth-order valence-corrected chi connectivity index (χ4v) is 3.22. The summed E-state index contributed by atoms with van der Waals surface area (Å²) < 4.78 is 16.3. The van der Waals surface area contributed by atoms with Crippen molar-refractivity contribution in [3.63, 3.8) is 0 Å². The second kappa shape index (κ2) is 7.68. The number of fused-ring (bicyclic) bond motifs is 1. The molecule has 0 saturated carbocycles. The minimum Gasteiger partial charge on any atom is -0.497 e. The number of methoxy groups -OCH3 is 1. The Hall–Kier alpha value is -2.05. The molecule has 24 heavy (non-hydrogen) atoms. The maximum Gasteiger partial charge on any atom is 0.308 e. The van der Waals surface area contributed by atoms with E-state index in [2.05, 4.69) is 5.32 Å². The zero-order valence-electron chi connectivity index (χ0n) is 13.8. The summed E-state index contributed by atoms with van der Waals surface area (Å²) in [4.78, 5) is 11.5. The number of hydrogen-bond donors (Lipinski definition) is 2. The highest BCUT2D eigenvalue weighted by molar-refractivity contribution is 5.79. The maximum absolute atomic E-state index is 11.5. The van der Waals surface area contributed by atoms with E-state index in [4.69, 9.17) is 13.9 Å². The van der Waals surface area contributed by atoms with Gasteiger partial charge in [-0.15, -0.1) is 0 Å². The summed E-state index contributed by atoms with van der Waals surface area (Å²) in [5.74, 6) is 0.605. The molecule has 1 saturated heterocycles. The van der Waals surface area contributed by atoms with Crippen LogP contribution in [0.5, 0.6) is 5.75 Å². The van der Waals surface area contributed by atoms with Crippen molar-refractivity contribution in [1.29, 1.82) is 0 Å². The molecular formula is C18H23NO5. The van der Waals surface area contributed by atoms with Crippen molar-refractivity contribution in [2.24, 2.45) is 11.8 Å². The average molecular weight is 333 g/mol. The van der Waals surface area contributed by atoms with Gasteiger partial charge >= 0.3 is 5.97 Å². The standard InChI is InChI=1S/C18H23NO5/c1-22-14-2-3-17-13(8-14)9-15(24-17)10-19-11-16(18(20)21)12-4-6-23-7-5-12/h2-3,8-9,12,16,19H,4-7,10-11H2,1H3,(H,20,21). The van der Waals surface area contributed by atoms with Crippen molar-refractivity contribution < 1.29 is 23.8 Å². The third-order valence-electron chi connectivity index (χ3n) is 4.59. The Morgan fingerprint density at radius 3 is 2.88 bits per heavy atom. The lowest BCUT2D eigenvalue weighted by Crippen LogP contribution is -2.36. The topological polar surface area (TPSA) is 80.9 Å². The number of aliphatic carboxylic acids is 1. The third-order valence-corrected chi connectivity index (χ3v) is 4.59. The van der Waals surface area contributed by atoms with E-state index < -0.39 is 11.9 Å². The molecule has 2 aromatic rings. The molecule has 6 heteroatoms. The first-order valence-corrected chi connectivity index (χ1v) is 8.25. The van der Waals surface area contributed by atoms with Crippen molar-refractivity contribution in [3.8, 4) is 5.75 Å². The van der Waals surface area contributed by atoms with Gasteiger partial charge in [0, 0.05) is 25.1 Å².